The average molecular weight is 460 g/mol. The molecule has 0 rings (SSSR count). The highest BCUT2D eigenvalue weighted by Crippen LogP contribution is 2.26. The van der Waals surface area contributed by atoms with E-state index in [0.717, 1.165) is 24.9 Å². The normalized spacial score (nSPS) is 15.4. The predicted octanol–water partition coefficient (Wildman–Crippen LogP) is 2.84. The van der Waals surface area contributed by atoms with Gasteiger partial charge in [-0.25, -0.2) is 0 Å². The molecule has 0 spiro atoms. The standard InChI is InChI=1S/C18H42B2O6Si3/c1-27(2,11-7-9-23-15-17(21)13-19)25-29(5,6)26-28(3,4)12-8-10-24-16-18(22)14-20/h17-18,21-22H,7-16H2,1-6H3. The lowest BCUT2D eigenvalue weighted by molar-refractivity contribution is 0.0466. The van der Waals surface area contributed by atoms with Gasteiger partial charge in [-0.2, -0.15) is 0 Å². The Morgan fingerprint density at radius 2 is 1.03 bits per heavy atom. The molecule has 0 aromatic heterocycles. The smallest absolute Gasteiger partial charge is 0.311 e. The fourth-order valence-corrected chi connectivity index (χ4v) is 17.2. The zero-order valence-corrected chi connectivity index (χ0v) is 22.4. The third-order valence-electron chi connectivity index (χ3n) is 4.34. The van der Waals surface area contributed by atoms with Crippen LogP contribution in [0.3, 0.4) is 0 Å². The molecular weight excluding hydrogens is 418 g/mol. The van der Waals surface area contributed by atoms with E-state index in [9.17, 15) is 10.2 Å². The molecule has 4 radical (unpaired) electrons. The SMILES string of the molecule is [B]CC(O)COCCC[Si](C)(C)O[Si](C)(C)O[Si](C)(C)CCCOCC(O)C[B]. The Morgan fingerprint density at radius 3 is 1.34 bits per heavy atom. The average Bonchev–Trinajstić information content (AvgIpc) is 2.58. The maximum atomic E-state index is 9.41. The molecule has 6 nitrogen and oxygen atoms in total. The number of aliphatic hydroxyl groups excluding tert-OH is 2. The minimum atomic E-state index is -2.23. The zero-order valence-electron chi connectivity index (χ0n) is 19.4. The first-order chi connectivity index (χ1) is 13.3. The van der Waals surface area contributed by atoms with E-state index in [1.54, 1.807) is 0 Å². The summed E-state index contributed by atoms with van der Waals surface area (Å²) in [4.78, 5) is 0. The summed E-state index contributed by atoms with van der Waals surface area (Å²) >= 11 is 0. The fourth-order valence-electron chi connectivity index (χ4n) is 3.23. The van der Waals surface area contributed by atoms with Gasteiger partial charge < -0.3 is 27.9 Å². The van der Waals surface area contributed by atoms with Crippen molar-refractivity contribution in [3.63, 3.8) is 0 Å². The van der Waals surface area contributed by atoms with Gasteiger partial charge in [-0.05, 0) is 64.2 Å². The number of rotatable bonds is 18. The van der Waals surface area contributed by atoms with Crippen molar-refractivity contribution < 1.29 is 27.9 Å². The van der Waals surface area contributed by atoms with Crippen LogP contribution in [0.2, 0.25) is 64.0 Å². The molecular formula is C18H42B2O6Si3. The summed E-state index contributed by atoms with van der Waals surface area (Å²) in [6, 6.07) is 1.98. The van der Waals surface area contributed by atoms with E-state index >= 15 is 0 Å². The molecule has 0 fully saturated rings. The lowest BCUT2D eigenvalue weighted by atomic mass is 10.0. The summed E-state index contributed by atoms with van der Waals surface area (Å²) in [6.45, 7) is 15.0. The Bertz CT molecular complexity index is 394. The lowest BCUT2D eigenvalue weighted by Crippen LogP contribution is -2.52. The van der Waals surface area contributed by atoms with Crippen LogP contribution in [0.25, 0.3) is 0 Å². The Kier molecular flexibility index (Phi) is 14.8. The van der Waals surface area contributed by atoms with Crippen LogP contribution in [0.5, 0.6) is 0 Å². The van der Waals surface area contributed by atoms with Crippen molar-refractivity contribution in [2.45, 2.75) is 89.1 Å². The minimum Gasteiger partial charge on any atom is -0.437 e. The highest BCUT2D eigenvalue weighted by atomic mass is 28.5. The maximum Gasteiger partial charge on any atom is 0.311 e. The quantitative estimate of drug-likeness (QED) is 0.242. The van der Waals surface area contributed by atoms with E-state index < -0.39 is 37.4 Å². The number of hydrogen-bond donors (Lipinski definition) is 2. The van der Waals surface area contributed by atoms with Crippen molar-refractivity contribution in [3.8, 4) is 0 Å². The topological polar surface area (TPSA) is 77.4 Å². The molecule has 11 heteroatoms. The summed E-state index contributed by atoms with van der Waals surface area (Å²) in [5.41, 5.74) is 0. The second kappa shape index (κ2) is 14.6. The van der Waals surface area contributed by atoms with Crippen LogP contribution in [0.15, 0.2) is 0 Å². The highest BCUT2D eigenvalue weighted by Gasteiger charge is 2.39. The van der Waals surface area contributed by atoms with Crippen LogP contribution in [0.1, 0.15) is 12.8 Å². The lowest BCUT2D eigenvalue weighted by Gasteiger charge is -2.38. The monoisotopic (exact) mass is 460 g/mol. The first-order valence-electron chi connectivity index (χ1n) is 10.6. The molecule has 2 N–H and O–H groups in total. The molecule has 0 aliphatic heterocycles. The molecule has 2 atom stereocenters. The van der Waals surface area contributed by atoms with Gasteiger partial charge in [-0.3, -0.25) is 0 Å². The molecule has 168 valence electrons. The fraction of sp³-hybridized carbons (Fsp3) is 1.00. The van der Waals surface area contributed by atoms with Gasteiger partial charge in [0.1, 0.15) is 0 Å². The summed E-state index contributed by atoms with van der Waals surface area (Å²) in [5, 5.41) is 18.8. The van der Waals surface area contributed by atoms with Gasteiger partial charge in [0, 0.05) is 13.2 Å². The van der Waals surface area contributed by atoms with Crippen LogP contribution < -0.4 is 0 Å². The second-order valence-electron chi connectivity index (χ2n) is 9.26. The van der Waals surface area contributed by atoms with E-state index in [4.69, 9.17) is 33.4 Å². The van der Waals surface area contributed by atoms with Crippen LogP contribution in [-0.2, 0) is 17.7 Å². The van der Waals surface area contributed by atoms with Crippen molar-refractivity contribution in [1.82, 2.24) is 0 Å². The van der Waals surface area contributed by atoms with Crippen LogP contribution in [0.4, 0.5) is 0 Å². The molecule has 0 aliphatic carbocycles. The minimum absolute atomic E-state index is 0.224. The van der Waals surface area contributed by atoms with Gasteiger partial charge in [0.15, 0.2) is 16.6 Å². The zero-order chi connectivity index (χ0) is 22.6. The third-order valence-corrected chi connectivity index (χ3v) is 15.8. The molecule has 0 saturated heterocycles. The van der Waals surface area contributed by atoms with Gasteiger partial charge in [0.05, 0.1) is 41.1 Å². The van der Waals surface area contributed by atoms with Crippen LogP contribution >= 0.6 is 0 Å². The molecule has 0 heterocycles. The first kappa shape index (κ1) is 29.5. The number of aliphatic hydroxyl groups is 2. The second-order valence-corrected chi connectivity index (χ2v) is 21.7. The van der Waals surface area contributed by atoms with E-state index in [2.05, 4.69) is 39.3 Å². The predicted molar refractivity (Wildman–Crippen MR) is 128 cm³/mol. The highest BCUT2D eigenvalue weighted by molar-refractivity contribution is 6.87. The largest absolute Gasteiger partial charge is 0.437 e. The van der Waals surface area contributed by atoms with Gasteiger partial charge in [-0.15, -0.1) is 0 Å². The molecule has 0 aromatic carbocycles. The van der Waals surface area contributed by atoms with Crippen LogP contribution in [0, 0.1) is 0 Å². The Labute approximate surface area is 184 Å². The van der Waals surface area contributed by atoms with Gasteiger partial charge >= 0.3 is 8.56 Å². The van der Waals surface area contributed by atoms with Crippen molar-refractivity contribution in [2.75, 3.05) is 26.4 Å². The Hall–Kier alpha value is 0.541. The van der Waals surface area contributed by atoms with Gasteiger partial charge in [0.25, 0.3) is 0 Å². The number of hydrogen-bond acceptors (Lipinski definition) is 6. The maximum absolute atomic E-state index is 9.41. The number of ether oxygens (including phenoxy) is 2. The van der Waals surface area contributed by atoms with Crippen LogP contribution in [-0.4, -0.2) is 89.7 Å². The molecule has 29 heavy (non-hydrogen) atoms. The van der Waals surface area contributed by atoms with Gasteiger partial charge in [-0.1, -0.05) is 12.6 Å². The molecule has 0 amide bonds. The van der Waals surface area contributed by atoms with Crippen molar-refractivity contribution in [3.05, 3.63) is 0 Å². The van der Waals surface area contributed by atoms with Crippen molar-refractivity contribution in [1.29, 1.82) is 0 Å². The summed E-state index contributed by atoms with van der Waals surface area (Å²) in [6.07, 6.45) is 1.10. The van der Waals surface area contributed by atoms with Gasteiger partial charge in [0.2, 0.25) is 0 Å². The van der Waals surface area contributed by atoms with E-state index in [1.807, 2.05) is 0 Å². The molecule has 0 bridgehead atoms. The van der Waals surface area contributed by atoms with E-state index in [1.165, 1.54) is 0 Å². The molecule has 0 aromatic rings. The Morgan fingerprint density at radius 1 is 0.690 bits per heavy atom. The van der Waals surface area contributed by atoms with Crippen molar-refractivity contribution in [2.24, 2.45) is 0 Å². The molecule has 2 unspecified atom stereocenters. The summed E-state index contributed by atoms with van der Waals surface area (Å²) in [7, 11) is 4.79. The molecule has 0 aliphatic rings. The third kappa shape index (κ3) is 16.9. The van der Waals surface area contributed by atoms with Crippen molar-refractivity contribution >= 4 is 40.9 Å². The van der Waals surface area contributed by atoms with E-state index in [-0.39, 0.29) is 25.9 Å². The Balaban J connectivity index is 4.23. The summed E-state index contributed by atoms with van der Waals surface area (Å²) in [5.74, 6) is 0. The summed E-state index contributed by atoms with van der Waals surface area (Å²) < 4.78 is 24.1. The van der Waals surface area contributed by atoms with E-state index in [0.29, 0.717) is 13.2 Å². The first-order valence-corrected chi connectivity index (χ1v) is 19.7. The molecule has 0 saturated carbocycles.